The van der Waals surface area contributed by atoms with Gasteiger partial charge in [0, 0.05) is 17.3 Å². The minimum absolute atomic E-state index is 0.0232. The number of imide groups is 1. The number of hydrogen-bond acceptors (Lipinski definition) is 5. The Hall–Kier alpha value is -2.96. The Bertz CT molecular complexity index is 1340. The first kappa shape index (κ1) is 29.5. The topological polar surface area (TPSA) is 98.1 Å². The van der Waals surface area contributed by atoms with E-state index in [9.17, 15) is 24.9 Å². The molecular weight excluding hydrogens is 514 g/mol. The van der Waals surface area contributed by atoms with E-state index in [1.165, 1.54) is 5.57 Å². The quantitative estimate of drug-likeness (QED) is 0.227. The SMILES string of the molecule is CCCC1=C([C@H](O)CC/C(=C/c2ccc(O)c3ccccc23)CC)[C@H](CO)[C@@H]2C(=O)N(C3CCCCC3)C(=O)[C@@H]2C1. The maximum Gasteiger partial charge on any atom is 0.234 e. The standard InChI is InChI=1S/C35H45NO5/c1-3-10-24-20-28-33(35(41)36(34(28)40)25-11-6-5-7-12-25)29(21-37)32(24)31(39)17-15-22(4-2)19-23-16-18-30(38)27-14-9-8-13-26(23)27/h8-9,13-14,16,18-19,25,28-29,31,33,37-39H,3-7,10-12,15,17,20-21H2,1-2H3/b22-19+/t28-,29+,31-,33-/m1/s1. The van der Waals surface area contributed by atoms with Crippen LogP contribution in [0.3, 0.4) is 0 Å². The van der Waals surface area contributed by atoms with E-state index in [0.717, 1.165) is 78.8 Å². The minimum Gasteiger partial charge on any atom is -0.507 e. The first-order valence-electron chi connectivity index (χ1n) is 15.7. The van der Waals surface area contributed by atoms with Crippen molar-refractivity contribution in [2.24, 2.45) is 17.8 Å². The van der Waals surface area contributed by atoms with E-state index in [0.29, 0.717) is 19.3 Å². The highest BCUT2D eigenvalue weighted by Crippen LogP contribution is 2.48. The average molecular weight is 560 g/mol. The normalized spacial score (nSPS) is 24.8. The minimum atomic E-state index is -0.784. The van der Waals surface area contributed by atoms with Crippen molar-refractivity contribution in [3.05, 3.63) is 58.7 Å². The maximum absolute atomic E-state index is 13.8. The van der Waals surface area contributed by atoms with E-state index >= 15 is 0 Å². The Balaban J connectivity index is 1.39. The summed E-state index contributed by atoms with van der Waals surface area (Å²) >= 11 is 0. The van der Waals surface area contributed by atoms with E-state index < -0.39 is 23.9 Å². The molecule has 0 spiro atoms. The van der Waals surface area contributed by atoms with E-state index in [1.807, 2.05) is 30.3 Å². The third-order valence-electron chi connectivity index (χ3n) is 9.75. The molecule has 0 radical (unpaired) electrons. The molecule has 4 atom stereocenters. The van der Waals surface area contributed by atoms with Crippen molar-refractivity contribution >= 4 is 28.7 Å². The van der Waals surface area contributed by atoms with E-state index in [-0.39, 0.29) is 30.2 Å². The molecule has 3 N–H and O–H groups in total. The lowest BCUT2D eigenvalue weighted by Crippen LogP contribution is -2.42. The first-order chi connectivity index (χ1) is 19.9. The monoisotopic (exact) mass is 559 g/mol. The molecule has 3 aliphatic rings. The van der Waals surface area contributed by atoms with Crippen LogP contribution in [0.4, 0.5) is 0 Å². The second kappa shape index (κ2) is 12.9. The molecule has 6 nitrogen and oxygen atoms in total. The van der Waals surface area contributed by atoms with Crippen LogP contribution in [0.2, 0.25) is 0 Å². The molecule has 1 aliphatic heterocycles. The Labute approximate surface area is 243 Å². The predicted octanol–water partition coefficient (Wildman–Crippen LogP) is 6.52. The van der Waals surface area contributed by atoms with Crippen LogP contribution in [0.15, 0.2) is 53.1 Å². The van der Waals surface area contributed by atoms with Crippen molar-refractivity contribution in [2.45, 2.75) is 96.6 Å². The third kappa shape index (κ3) is 5.74. The summed E-state index contributed by atoms with van der Waals surface area (Å²) in [6.45, 7) is 3.95. The van der Waals surface area contributed by atoms with Crippen LogP contribution >= 0.6 is 0 Å². The number of fused-ring (bicyclic) bond motifs is 2. The lowest BCUT2D eigenvalue weighted by atomic mass is 9.67. The summed E-state index contributed by atoms with van der Waals surface area (Å²) in [6.07, 6.45) is 10.4. The number of phenols is 1. The second-order valence-electron chi connectivity index (χ2n) is 12.2. The van der Waals surface area contributed by atoms with Crippen molar-refractivity contribution in [3.63, 3.8) is 0 Å². The molecule has 0 aromatic heterocycles. The fraction of sp³-hybridized carbons (Fsp3) is 0.543. The zero-order chi connectivity index (χ0) is 29.1. The number of carbonyl (C=O) groups is 2. The molecule has 1 saturated carbocycles. The molecule has 6 heteroatoms. The number of carbonyl (C=O) groups excluding carboxylic acids is 2. The number of allylic oxidation sites excluding steroid dienone is 2. The molecule has 2 amide bonds. The van der Waals surface area contributed by atoms with Gasteiger partial charge in [0.05, 0.1) is 24.5 Å². The van der Waals surface area contributed by atoms with E-state index in [1.54, 1.807) is 11.0 Å². The highest BCUT2D eigenvalue weighted by atomic mass is 16.3. The van der Waals surface area contributed by atoms with Crippen molar-refractivity contribution in [2.75, 3.05) is 6.61 Å². The molecule has 2 fully saturated rings. The molecule has 2 aliphatic carbocycles. The molecule has 0 unspecified atom stereocenters. The summed E-state index contributed by atoms with van der Waals surface area (Å²) in [5.41, 5.74) is 4.07. The van der Waals surface area contributed by atoms with Crippen LogP contribution in [-0.2, 0) is 9.59 Å². The lowest BCUT2D eigenvalue weighted by Gasteiger charge is -2.36. The van der Waals surface area contributed by atoms with Crippen molar-refractivity contribution in [1.82, 2.24) is 4.90 Å². The largest absolute Gasteiger partial charge is 0.507 e. The van der Waals surface area contributed by atoms with Gasteiger partial charge in [-0.15, -0.1) is 0 Å². The van der Waals surface area contributed by atoms with Crippen LogP contribution in [0, 0.1) is 17.8 Å². The number of amides is 2. The fourth-order valence-corrected chi connectivity index (χ4v) is 7.70. The second-order valence-corrected chi connectivity index (χ2v) is 12.2. The Morgan fingerprint density at radius 2 is 1.76 bits per heavy atom. The summed E-state index contributed by atoms with van der Waals surface area (Å²) in [6, 6.07) is 11.4. The number of likely N-dealkylation sites (tertiary alicyclic amines) is 1. The van der Waals surface area contributed by atoms with Crippen molar-refractivity contribution < 1.29 is 24.9 Å². The number of benzene rings is 2. The van der Waals surface area contributed by atoms with Gasteiger partial charge in [0.2, 0.25) is 11.8 Å². The molecular formula is C35H45NO5. The number of phenolic OH excluding ortho intramolecular Hbond substituents is 1. The molecule has 2 aromatic carbocycles. The molecule has 5 rings (SSSR count). The van der Waals surface area contributed by atoms with Gasteiger partial charge in [0.15, 0.2) is 0 Å². The number of rotatable bonds is 10. The highest BCUT2D eigenvalue weighted by molar-refractivity contribution is 6.06. The van der Waals surface area contributed by atoms with E-state index in [4.69, 9.17) is 0 Å². The Morgan fingerprint density at radius 1 is 1.02 bits per heavy atom. The molecule has 41 heavy (non-hydrogen) atoms. The summed E-state index contributed by atoms with van der Waals surface area (Å²) < 4.78 is 0. The fourth-order valence-electron chi connectivity index (χ4n) is 7.70. The smallest absolute Gasteiger partial charge is 0.234 e. The summed E-state index contributed by atoms with van der Waals surface area (Å²) in [5.74, 6) is -1.47. The van der Waals surface area contributed by atoms with Gasteiger partial charge in [-0.25, -0.2) is 0 Å². The number of hydrogen-bond donors (Lipinski definition) is 3. The number of nitrogens with zero attached hydrogens (tertiary/aromatic N) is 1. The molecule has 0 bridgehead atoms. The summed E-state index contributed by atoms with van der Waals surface area (Å²) in [7, 11) is 0. The van der Waals surface area contributed by atoms with Gasteiger partial charge in [-0.05, 0) is 67.5 Å². The maximum atomic E-state index is 13.8. The number of aliphatic hydroxyl groups excluding tert-OH is 2. The Kier molecular flexibility index (Phi) is 9.30. The number of aromatic hydroxyl groups is 1. The molecule has 1 heterocycles. The summed E-state index contributed by atoms with van der Waals surface area (Å²) in [4.78, 5) is 28.9. The van der Waals surface area contributed by atoms with Gasteiger partial charge >= 0.3 is 0 Å². The van der Waals surface area contributed by atoms with Crippen LogP contribution < -0.4 is 0 Å². The first-order valence-corrected chi connectivity index (χ1v) is 15.7. The van der Waals surface area contributed by atoms with Crippen LogP contribution in [0.1, 0.15) is 90.0 Å². The van der Waals surface area contributed by atoms with Gasteiger partial charge in [-0.2, -0.15) is 0 Å². The van der Waals surface area contributed by atoms with Gasteiger partial charge in [-0.1, -0.05) is 87.1 Å². The zero-order valence-electron chi connectivity index (χ0n) is 24.5. The van der Waals surface area contributed by atoms with Gasteiger partial charge in [0.1, 0.15) is 5.75 Å². The highest BCUT2D eigenvalue weighted by Gasteiger charge is 2.56. The van der Waals surface area contributed by atoms with Crippen molar-refractivity contribution in [3.8, 4) is 5.75 Å². The lowest BCUT2D eigenvalue weighted by molar-refractivity contribution is -0.143. The van der Waals surface area contributed by atoms with Gasteiger partial charge in [0.25, 0.3) is 0 Å². The van der Waals surface area contributed by atoms with Crippen LogP contribution in [-0.4, -0.2) is 50.8 Å². The van der Waals surface area contributed by atoms with Crippen LogP contribution in [0.5, 0.6) is 5.75 Å². The molecule has 2 aromatic rings. The average Bonchev–Trinajstić information content (AvgIpc) is 3.25. The van der Waals surface area contributed by atoms with Crippen molar-refractivity contribution in [1.29, 1.82) is 0 Å². The predicted molar refractivity (Wildman–Crippen MR) is 162 cm³/mol. The molecule has 220 valence electrons. The summed E-state index contributed by atoms with van der Waals surface area (Å²) in [5, 5.41) is 34.3. The van der Waals surface area contributed by atoms with Gasteiger partial charge < -0.3 is 15.3 Å². The molecule has 1 saturated heterocycles. The van der Waals surface area contributed by atoms with E-state index in [2.05, 4.69) is 19.9 Å². The Morgan fingerprint density at radius 3 is 2.44 bits per heavy atom. The van der Waals surface area contributed by atoms with Crippen LogP contribution in [0.25, 0.3) is 16.8 Å². The number of aliphatic hydroxyl groups is 2. The zero-order valence-corrected chi connectivity index (χ0v) is 24.5. The van der Waals surface area contributed by atoms with Gasteiger partial charge in [-0.3, -0.25) is 14.5 Å². The third-order valence-corrected chi connectivity index (χ3v) is 9.75.